The predicted octanol–water partition coefficient (Wildman–Crippen LogP) is 1.15. The molecule has 2 aromatic heterocycles. The topological polar surface area (TPSA) is 87.9 Å². The lowest BCUT2D eigenvalue weighted by atomic mass is 9.92. The average molecular weight is 314 g/mol. The van der Waals surface area contributed by atoms with E-state index < -0.39 is 17.6 Å². The number of pyridine rings is 2. The van der Waals surface area contributed by atoms with Gasteiger partial charge in [-0.05, 0) is 31.0 Å². The molecule has 1 aliphatic carbocycles. The maximum atomic E-state index is 12.5. The first-order chi connectivity index (χ1) is 11.1. The summed E-state index contributed by atoms with van der Waals surface area (Å²) in [6, 6.07) is 5.99. The van der Waals surface area contributed by atoms with E-state index in [1.54, 1.807) is 18.2 Å². The van der Waals surface area contributed by atoms with Crippen LogP contribution in [0.2, 0.25) is 0 Å². The van der Waals surface area contributed by atoms with Crippen molar-refractivity contribution < 1.29 is 14.7 Å². The zero-order valence-corrected chi connectivity index (χ0v) is 12.6. The number of aldehydes is 1. The molecule has 6 nitrogen and oxygen atoms in total. The minimum absolute atomic E-state index is 0.0893. The number of carbonyl (C=O) groups is 2. The van der Waals surface area contributed by atoms with Gasteiger partial charge in [-0.25, -0.2) is 0 Å². The van der Waals surface area contributed by atoms with Crippen LogP contribution >= 0.6 is 0 Å². The summed E-state index contributed by atoms with van der Waals surface area (Å²) in [5.74, 6) is -0.553. The van der Waals surface area contributed by atoms with E-state index in [1.165, 1.54) is 16.7 Å². The van der Waals surface area contributed by atoms with Gasteiger partial charge in [-0.1, -0.05) is 18.9 Å². The number of aromatic nitrogens is 1. The van der Waals surface area contributed by atoms with Gasteiger partial charge in [-0.3, -0.25) is 18.8 Å². The minimum Gasteiger partial charge on any atom is -0.391 e. The molecular formula is C17H18N2O4. The van der Waals surface area contributed by atoms with Gasteiger partial charge in [0.2, 0.25) is 0 Å². The van der Waals surface area contributed by atoms with Crippen molar-refractivity contribution in [1.29, 1.82) is 0 Å². The Hall–Kier alpha value is -2.47. The number of hydrogen-bond acceptors (Lipinski definition) is 4. The number of nitrogens with zero attached hydrogens (tertiary/aromatic N) is 1. The maximum absolute atomic E-state index is 12.5. The molecule has 0 aromatic carbocycles. The Morgan fingerprint density at radius 1 is 1.30 bits per heavy atom. The Bertz CT molecular complexity index is 812. The summed E-state index contributed by atoms with van der Waals surface area (Å²) in [5.41, 5.74) is 0.170. The number of carbonyl (C=O) groups excluding carboxylic acids is 2. The lowest BCUT2D eigenvalue weighted by Crippen LogP contribution is -2.46. The quantitative estimate of drug-likeness (QED) is 0.832. The fourth-order valence-corrected chi connectivity index (χ4v) is 3.06. The van der Waals surface area contributed by atoms with Crippen LogP contribution in [0.1, 0.15) is 46.4 Å². The highest BCUT2D eigenvalue weighted by atomic mass is 16.3. The van der Waals surface area contributed by atoms with E-state index in [0.717, 1.165) is 12.8 Å². The number of fused-ring (bicyclic) bond motifs is 1. The zero-order chi connectivity index (χ0) is 16.4. The zero-order valence-electron chi connectivity index (χ0n) is 12.6. The second kappa shape index (κ2) is 6.34. The van der Waals surface area contributed by atoms with E-state index >= 15 is 0 Å². The second-order valence-corrected chi connectivity index (χ2v) is 5.82. The molecule has 1 amide bonds. The fraction of sp³-hybridized carbons (Fsp3) is 0.353. The van der Waals surface area contributed by atoms with Gasteiger partial charge in [-0.2, -0.15) is 0 Å². The summed E-state index contributed by atoms with van der Waals surface area (Å²) >= 11 is 0. The van der Waals surface area contributed by atoms with Gasteiger partial charge in [0.1, 0.15) is 5.56 Å². The van der Waals surface area contributed by atoms with E-state index in [9.17, 15) is 19.5 Å². The highest BCUT2D eigenvalue weighted by Crippen LogP contribution is 2.18. The van der Waals surface area contributed by atoms with Gasteiger partial charge in [0.25, 0.3) is 11.5 Å². The molecular weight excluding hydrogens is 296 g/mol. The Morgan fingerprint density at radius 3 is 2.83 bits per heavy atom. The Kier molecular flexibility index (Phi) is 4.25. The first kappa shape index (κ1) is 15.4. The Morgan fingerprint density at radius 2 is 2.09 bits per heavy atom. The van der Waals surface area contributed by atoms with E-state index in [1.807, 2.05) is 0 Å². The summed E-state index contributed by atoms with van der Waals surface area (Å²) in [6.45, 7) is 0. The third-order valence-electron chi connectivity index (χ3n) is 4.32. The highest BCUT2D eigenvalue weighted by Gasteiger charge is 2.26. The number of amides is 1. The van der Waals surface area contributed by atoms with E-state index in [4.69, 9.17) is 0 Å². The third-order valence-corrected chi connectivity index (χ3v) is 4.32. The van der Waals surface area contributed by atoms with Crippen LogP contribution in [-0.2, 0) is 0 Å². The molecule has 2 heterocycles. The number of nitrogens with one attached hydrogen (secondary N) is 1. The van der Waals surface area contributed by atoms with Crippen LogP contribution in [0.5, 0.6) is 0 Å². The van der Waals surface area contributed by atoms with Crippen molar-refractivity contribution in [3.8, 4) is 0 Å². The van der Waals surface area contributed by atoms with E-state index in [-0.39, 0.29) is 17.2 Å². The van der Waals surface area contributed by atoms with Crippen LogP contribution in [-0.4, -0.2) is 33.8 Å². The molecule has 0 unspecified atom stereocenters. The Labute approximate surface area is 132 Å². The van der Waals surface area contributed by atoms with Crippen molar-refractivity contribution in [3.63, 3.8) is 0 Å². The first-order valence-electron chi connectivity index (χ1n) is 7.70. The molecule has 120 valence electrons. The molecule has 3 rings (SSSR count). The molecule has 1 saturated carbocycles. The molecule has 2 N–H and O–H groups in total. The summed E-state index contributed by atoms with van der Waals surface area (Å²) < 4.78 is 1.29. The van der Waals surface area contributed by atoms with Crippen molar-refractivity contribution in [2.45, 2.75) is 37.8 Å². The van der Waals surface area contributed by atoms with Gasteiger partial charge in [0, 0.05) is 11.8 Å². The van der Waals surface area contributed by atoms with Crippen molar-refractivity contribution in [3.05, 3.63) is 51.9 Å². The number of hydrogen-bond donors (Lipinski definition) is 2. The molecule has 1 aliphatic rings. The third kappa shape index (κ3) is 2.90. The van der Waals surface area contributed by atoms with Crippen LogP contribution in [0, 0.1) is 0 Å². The van der Waals surface area contributed by atoms with Gasteiger partial charge in [0.05, 0.1) is 17.7 Å². The number of aliphatic hydroxyl groups is 1. The van der Waals surface area contributed by atoms with Crippen LogP contribution in [0.25, 0.3) is 5.52 Å². The fourth-order valence-electron chi connectivity index (χ4n) is 3.06. The first-order valence-corrected chi connectivity index (χ1v) is 7.70. The molecule has 0 spiro atoms. The van der Waals surface area contributed by atoms with Gasteiger partial charge in [-0.15, -0.1) is 0 Å². The normalized spacial score (nSPS) is 21.1. The minimum atomic E-state index is -0.596. The summed E-state index contributed by atoms with van der Waals surface area (Å²) in [6.07, 6.45) is 4.74. The average Bonchev–Trinajstić information content (AvgIpc) is 2.57. The molecule has 0 radical (unpaired) electrons. The molecule has 1 fully saturated rings. The van der Waals surface area contributed by atoms with Gasteiger partial charge >= 0.3 is 0 Å². The SMILES string of the molecule is O=Cc1cc(C(=O)N[C@H]2CCCC[C@@H]2O)c(=O)n2ccccc12. The van der Waals surface area contributed by atoms with Crippen molar-refractivity contribution in [2.24, 2.45) is 0 Å². The van der Waals surface area contributed by atoms with E-state index in [0.29, 0.717) is 24.6 Å². The van der Waals surface area contributed by atoms with E-state index in [2.05, 4.69) is 5.32 Å². The molecule has 0 saturated heterocycles. The van der Waals surface area contributed by atoms with Crippen LogP contribution in [0.15, 0.2) is 35.3 Å². The lowest BCUT2D eigenvalue weighted by Gasteiger charge is -2.28. The van der Waals surface area contributed by atoms with Crippen LogP contribution in [0.3, 0.4) is 0 Å². The largest absolute Gasteiger partial charge is 0.391 e. The summed E-state index contributed by atoms with van der Waals surface area (Å²) in [5, 5.41) is 12.7. The summed E-state index contributed by atoms with van der Waals surface area (Å²) in [7, 11) is 0. The monoisotopic (exact) mass is 314 g/mol. The van der Waals surface area contributed by atoms with Gasteiger partial charge in [0.15, 0.2) is 6.29 Å². The van der Waals surface area contributed by atoms with Crippen molar-refractivity contribution >= 4 is 17.7 Å². The Balaban J connectivity index is 1.99. The molecule has 2 aromatic rings. The molecule has 0 aliphatic heterocycles. The van der Waals surface area contributed by atoms with Crippen LogP contribution < -0.4 is 10.9 Å². The molecule has 23 heavy (non-hydrogen) atoms. The molecule has 6 heteroatoms. The number of aliphatic hydroxyl groups excluding tert-OH is 1. The van der Waals surface area contributed by atoms with Gasteiger partial charge < -0.3 is 10.4 Å². The van der Waals surface area contributed by atoms with Crippen molar-refractivity contribution in [1.82, 2.24) is 9.72 Å². The lowest BCUT2D eigenvalue weighted by molar-refractivity contribution is 0.0716. The summed E-state index contributed by atoms with van der Waals surface area (Å²) in [4.78, 5) is 36.2. The van der Waals surface area contributed by atoms with Crippen molar-refractivity contribution in [2.75, 3.05) is 0 Å². The highest BCUT2D eigenvalue weighted by molar-refractivity contribution is 5.97. The number of rotatable bonds is 3. The molecule has 0 bridgehead atoms. The maximum Gasteiger partial charge on any atom is 0.267 e. The predicted molar refractivity (Wildman–Crippen MR) is 84.8 cm³/mol. The smallest absolute Gasteiger partial charge is 0.267 e. The van der Waals surface area contributed by atoms with Crippen LogP contribution in [0.4, 0.5) is 0 Å². The second-order valence-electron chi connectivity index (χ2n) is 5.82. The molecule has 2 atom stereocenters. The standard InChI is InChI=1S/C17H18N2O4/c20-10-11-9-12(17(23)19-8-4-3-6-14(11)19)16(22)18-13-5-1-2-7-15(13)21/h3-4,6,8-10,13,15,21H,1-2,5,7H2,(H,18,22)/t13-,15-/m0/s1.